The van der Waals surface area contributed by atoms with Crippen LogP contribution in [0.3, 0.4) is 0 Å². The fraction of sp³-hybridized carbons (Fsp3) is 0.905. The van der Waals surface area contributed by atoms with Crippen LogP contribution in [-0.2, 0) is 9.53 Å². The van der Waals surface area contributed by atoms with Crippen LogP contribution in [0.4, 0.5) is 0 Å². The molecule has 160 valence electrons. The molecule has 6 nitrogen and oxygen atoms in total. The highest BCUT2D eigenvalue weighted by Gasteiger charge is 2.65. The third-order valence-corrected chi connectivity index (χ3v) is 7.44. The van der Waals surface area contributed by atoms with Gasteiger partial charge >= 0.3 is 0 Å². The van der Waals surface area contributed by atoms with E-state index in [-0.39, 0.29) is 35.8 Å². The fourth-order valence-electron chi connectivity index (χ4n) is 6.02. The molecule has 3 unspecified atom stereocenters. The topological polar surface area (TPSA) is 66.0 Å². The van der Waals surface area contributed by atoms with E-state index in [1.54, 1.807) is 0 Å². The minimum atomic E-state index is 0. The first-order chi connectivity index (χ1) is 13.0. The van der Waals surface area contributed by atoms with Gasteiger partial charge in [-0.2, -0.15) is 0 Å². The van der Waals surface area contributed by atoms with Gasteiger partial charge in [0.05, 0.1) is 6.10 Å². The first-order valence-corrected chi connectivity index (χ1v) is 11.0. The molecule has 3 atom stereocenters. The van der Waals surface area contributed by atoms with Crippen molar-refractivity contribution in [3.8, 4) is 0 Å². The van der Waals surface area contributed by atoms with Gasteiger partial charge in [0, 0.05) is 56.1 Å². The number of amides is 1. The Morgan fingerprint density at radius 3 is 2.43 bits per heavy atom. The molecule has 0 radical (unpaired) electrons. The number of fused-ring (bicyclic) bond motifs is 2. The van der Waals surface area contributed by atoms with Crippen molar-refractivity contribution in [1.82, 2.24) is 15.5 Å². The molecule has 7 heteroatoms. The quantitative estimate of drug-likeness (QED) is 0.353. The molecule has 28 heavy (non-hydrogen) atoms. The molecule has 2 N–H and O–H groups in total. The number of carbonyl (C=O) groups is 1. The molecule has 1 spiro atoms. The van der Waals surface area contributed by atoms with Crippen LogP contribution in [-0.4, -0.2) is 61.7 Å². The van der Waals surface area contributed by atoms with E-state index < -0.39 is 0 Å². The largest absolute Gasteiger partial charge is 0.377 e. The highest BCUT2D eigenvalue weighted by Crippen LogP contribution is 2.60. The lowest BCUT2D eigenvalue weighted by Gasteiger charge is -2.57. The van der Waals surface area contributed by atoms with E-state index in [9.17, 15) is 4.79 Å². The normalized spacial score (nSPS) is 32.1. The van der Waals surface area contributed by atoms with Crippen LogP contribution < -0.4 is 10.6 Å². The molecule has 0 aromatic rings. The van der Waals surface area contributed by atoms with Gasteiger partial charge in [-0.1, -0.05) is 26.7 Å². The average molecular weight is 504 g/mol. The van der Waals surface area contributed by atoms with Gasteiger partial charge in [-0.15, -0.1) is 24.0 Å². The van der Waals surface area contributed by atoms with Crippen LogP contribution in [0, 0.1) is 17.3 Å². The molecule has 4 fully saturated rings. The maximum absolute atomic E-state index is 12.2. The number of ether oxygens (including phenoxy) is 1. The van der Waals surface area contributed by atoms with E-state index in [1.165, 1.54) is 32.1 Å². The Hall–Kier alpha value is -0.570. The van der Waals surface area contributed by atoms with Crippen molar-refractivity contribution in [1.29, 1.82) is 0 Å². The Bertz CT molecular complexity index is 583. The van der Waals surface area contributed by atoms with Crippen molar-refractivity contribution >= 4 is 35.8 Å². The molecular weight excluding hydrogens is 467 g/mol. The molecule has 4 rings (SSSR count). The third-order valence-electron chi connectivity index (χ3n) is 7.44. The monoisotopic (exact) mass is 504 g/mol. The number of nitrogens with one attached hydrogen (secondary N) is 2. The van der Waals surface area contributed by atoms with Gasteiger partial charge in [0.1, 0.15) is 0 Å². The average Bonchev–Trinajstić information content (AvgIpc) is 3.33. The van der Waals surface area contributed by atoms with Crippen LogP contribution in [0.15, 0.2) is 4.99 Å². The summed E-state index contributed by atoms with van der Waals surface area (Å²) in [5, 5.41) is 7.42. The minimum absolute atomic E-state index is 0. The first-order valence-electron chi connectivity index (χ1n) is 11.0. The third kappa shape index (κ3) is 3.89. The SMILES string of the molecule is CN=C(NC1CCN(C(=O)C(C)C)CC1)NC1C2CCOC2C12CCCC2.I. The predicted octanol–water partition coefficient (Wildman–Crippen LogP) is 2.76. The van der Waals surface area contributed by atoms with Crippen molar-refractivity contribution in [2.45, 2.75) is 77.0 Å². The Kier molecular flexibility index (Phi) is 7.16. The predicted molar refractivity (Wildman–Crippen MR) is 122 cm³/mol. The number of carbonyl (C=O) groups excluding carboxylic acids is 1. The number of nitrogens with zero attached hydrogens (tertiary/aromatic N) is 2. The number of hydrogen-bond acceptors (Lipinski definition) is 3. The van der Waals surface area contributed by atoms with E-state index in [0.29, 0.717) is 29.5 Å². The summed E-state index contributed by atoms with van der Waals surface area (Å²) in [5.74, 6) is 1.95. The first kappa shape index (κ1) is 22.1. The van der Waals surface area contributed by atoms with Crippen LogP contribution in [0.1, 0.15) is 58.8 Å². The number of hydrogen-bond donors (Lipinski definition) is 2. The van der Waals surface area contributed by atoms with Crippen molar-refractivity contribution in [2.24, 2.45) is 22.2 Å². The summed E-state index contributed by atoms with van der Waals surface area (Å²) in [4.78, 5) is 18.7. The Morgan fingerprint density at radius 1 is 1.14 bits per heavy atom. The summed E-state index contributed by atoms with van der Waals surface area (Å²) in [7, 11) is 1.87. The maximum atomic E-state index is 12.2. The van der Waals surface area contributed by atoms with E-state index >= 15 is 0 Å². The standard InChI is InChI=1S/C21H36N4O2.HI/c1-14(2)19(26)25-11-6-15(7-12-25)23-20(22-3)24-17-16-8-13-27-18(16)21(17)9-4-5-10-21;/h14-18H,4-13H2,1-3H3,(H2,22,23,24);1H. The Balaban J connectivity index is 0.00000225. The maximum Gasteiger partial charge on any atom is 0.225 e. The highest BCUT2D eigenvalue weighted by molar-refractivity contribution is 14.0. The zero-order valence-corrected chi connectivity index (χ0v) is 19.9. The molecule has 1 amide bonds. The van der Waals surface area contributed by atoms with E-state index in [2.05, 4.69) is 15.6 Å². The lowest BCUT2D eigenvalue weighted by Crippen LogP contribution is -2.69. The summed E-state index contributed by atoms with van der Waals surface area (Å²) in [6.45, 7) is 6.57. The molecule has 2 saturated heterocycles. The summed E-state index contributed by atoms with van der Waals surface area (Å²) in [6.07, 6.45) is 8.88. The van der Waals surface area contributed by atoms with Crippen LogP contribution >= 0.6 is 24.0 Å². The molecule has 2 heterocycles. The van der Waals surface area contributed by atoms with Crippen LogP contribution in [0.5, 0.6) is 0 Å². The highest BCUT2D eigenvalue weighted by atomic mass is 127. The van der Waals surface area contributed by atoms with Crippen molar-refractivity contribution < 1.29 is 9.53 Å². The summed E-state index contributed by atoms with van der Waals surface area (Å²) in [6, 6.07) is 0.893. The molecule has 0 aromatic carbocycles. The zero-order valence-electron chi connectivity index (χ0n) is 17.6. The summed E-state index contributed by atoms with van der Waals surface area (Å²) < 4.78 is 6.10. The van der Waals surface area contributed by atoms with Crippen LogP contribution in [0.2, 0.25) is 0 Å². The van der Waals surface area contributed by atoms with Gasteiger partial charge in [0.25, 0.3) is 0 Å². The number of piperidine rings is 1. The number of aliphatic imine (C=N–C) groups is 1. The molecule has 2 aliphatic carbocycles. The van der Waals surface area contributed by atoms with Crippen molar-refractivity contribution in [3.63, 3.8) is 0 Å². The van der Waals surface area contributed by atoms with Gasteiger partial charge in [0.15, 0.2) is 5.96 Å². The van der Waals surface area contributed by atoms with E-state index in [4.69, 9.17) is 4.74 Å². The van der Waals surface area contributed by atoms with E-state index in [0.717, 1.165) is 38.5 Å². The van der Waals surface area contributed by atoms with Crippen molar-refractivity contribution in [3.05, 3.63) is 0 Å². The second-order valence-corrected chi connectivity index (χ2v) is 9.28. The van der Waals surface area contributed by atoms with Gasteiger partial charge in [0.2, 0.25) is 5.91 Å². The summed E-state index contributed by atoms with van der Waals surface area (Å²) >= 11 is 0. The molecule has 2 saturated carbocycles. The Labute approximate surface area is 186 Å². The van der Waals surface area contributed by atoms with Gasteiger partial charge < -0.3 is 20.3 Å². The van der Waals surface area contributed by atoms with E-state index in [1.807, 2.05) is 25.8 Å². The lowest BCUT2D eigenvalue weighted by molar-refractivity contribution is -0.135. The Morgan fingerprint density at radius 2 is 1.82 bits per heavy atom. The smallest absolute Gasteiger partial charge is 0.225 e. The minimum Gasteiger partial charge on any atom is -0.377 e. The van der Waals surface area contributed by atoms with Crippen LogP contribution in [0.25, 0.3) is 0 Å². The number of guanidine groups is 1. The molecule has 0 aromatic heterocycles. The fourth-order valence-corrected chi connectivity index (χ4v) is 6.02. The lowest BCUT2D eigenvalue weighted by atomic mass is 9.54. The zero-order chi connectivity index (χ0) is 19.0. The van der Waals surface area contributed by atoms with Crippen molar-refractivity contribution in [2.75, 3.05) is 26.7 Å². The second kappa shape index (κ2) is 9.06. The molecule has 4 aliphatic rings. The molecule has 0 bridgehead atoms. The number of halogens is 1. The number of likely N-dealkylation sites (tertiary alicyclic amines) is 1. The molecular formula is C21H37IN4O2. The van der Waals surface area contributed by atoms with Gasteiger partial charge in [-0.25, -0.2) is 0 Å². The van der Waals surface area contributed by atoms with Gasteiger partial charge in [-0.3, -0.25) is 9.79 Å². The number of rotatable bonds is 3. The molecule has 2 aliphatic heterocycles. The van der Waals surface area contributed by atoms with Gasteiger partial charge in [-0.05, 0) is 32.1 Å². The summed E-state index contributed by atoms with van der Waals surface area (Å²) in [5.41, 5.74) is 0.339. The second-order valence-electron chi connectivity index (χ2n) is 9.28.